The van der Waals surface area contributed by atoms with E-state index in [1.54, 1.807) is 38.4 Å². The van der Waals surface area contributed by atoms with Crippen LogP contribution in [0.5, 0.6) is 5.75 Å². The molecule has 0 saturated carbocycles. The molecule has 0 aliphatic rings. The van der Waals surface area contributed by atoms with E-state index in [9.17, 15) is 19.5 Å². The Hall–Kier alpha value is -3.16. The molecule has 0 spiro atoms. The third-order valence-corrected chi connectivity index (χ3v) is 3.60. The first-order chi connectivity index (χ1) is 11.9. The zero-order chi connectivity index (χ0) is 18.6. The third kappa shape index (κ3) is 3.68. The lowest BCUT2D eigenvalue weighted by atomic mass is 10.1. The van der Waals surface area contributed by atoms with Gasteiger partial charge in [-0.1, -0.05) is 6.07 Å². The van der Waals surface area contributed by atoms with Crippen LogP contribution in [0.4, 0.5) is 0 Å². The molecule has 2 rings (SSSR count). The summed E-state index contributed by atoms with van der Waals surface area (Å²) in [6.07, 6.45) is 1.59. The average Bonchev–Trinajstić information content (AvgIpc) is 2.59. The van der Waals surface area contributed by atoms with Crippen molar-refractivity contribution in [3.05, 3.63) is 39.7 Å². The van der Waals surface area contributed by atoms with Gasteiger partial charge in [0.05, 0.1) is 12.1 Å². The van der Waals surface area contributed by atoms with E-state index in [-0.39, 0.29) is 6.61 Å². The van der Waals surface area contributed by atoms with Gasteiger partial charge < -0.3 is 19.7 Å². The van der Waals surface area contributed by atoms with E-state index < -0.39 is 35.3 Å². The summed E-state index contributed by atoms with van der Waals surface area (Å²) in [4.78, 5) is 40.0. The van der Waals surface area contributed by atoms with E-state index in [1.165, 1.54) is 11.6 Å². The van der Waals surface area contributed by atoms with Crippen LogP contribution in [0.3, 0.4) is 0 Å². The highest BCUT2D eigenvalue weighted by Crippen LogP contribution is 2.26. The van der Waals surface area contributed by atoms with Gasteiger partial charge in [-0.3, -0.25) is 19.4 Å². The number of carbonyl (C=O) groups is 2. The van der Waals surface area contributed by atoms with Crippen LogP contribution in [0, 0.1) is 0 Å². The highest BCUT2D eigenvalue weighted by Gasteiger charge is 2.21. The SMILES string of the molecule is CCOC(=O)CNC(=O)c1c(O)c2cc(C=NC)ccc2n(C)c1=O. The molecule has 0 bridgehead atoms. The Kier molecular flexibility index (Phi) is 5.53. The van der Waals surface area contributed by atoms with Crippen molar-refractivity contribution in [2.45, 2.75) is 6.92 Å². The molecule has 25 heavy (non-hydrogen) atoms. The molecule has 0 fully saturated rings. The molecule has 1 aromatic heterocycles. The van der Waals surface area contributed by atoms with Crippen molar-refractivity contribution in [1.82, 2.24) is 9.88 Å². The van der Waals surface area contributed by atoms with Crippen LogP contribution in [-0.4, -0.2) is 48.0 Å². The van der Waals surface area contributed by atoms with Gasteiger partial charge in [-0.15, -0.1) is 0 Å². The van der Waals surface area contributed by atoms with Gasteiger partial charge in [-0.05, 0) is 24.6 Å². The molecule has 0 unspecified atom stereocenters. The molecule has 1 heterocycles. The van der Waals surface area contributed by atoms with Crippen molar-refractivity contribution in [1.29, 1.82) is 0 Å². The second kappa shape index (κ2) is 7.61. The first-order valence-electron chi connectivity index (χ1n) is 7.62. The van der Waals surface area contributed by atoms with Crippen molar-refractivity contribution in [3.8, 4) is 5.75 Å². The maximum absolute atomic E-state index is 12.4. The Morgan fingerprint density at radius 1 is 1.40 bits per heavy atom. The number of pyridine rings is 1. The molecule has 0 atom stereocenters. The summed E-state index contributed by atoms with van der Waals surface area (Å²) < 4.78 is 5.98. The number of aliphatic imine (C=N–C) groups is 1. The van der Waals surface area contributed by atoms with Crippen LogP contribution < -0.4 is 10.9 Å². The number of hydrogen-bond acceptors (Lipinski definition) is 6. The van der Waals surface area contributed by atoms with Crippen molar-refractivity contribution in [3.63, 3.8) is 0 Å². The molecule has 0 radical (unpaired) electrons. The van der Waals surface area contributed by atoms with E-state index >= 15 is 0 Å². The topological polar surface area (TPSA) is 110 Å². The number of ether oxygens (including phenoxy) is 1. The van der Waals surface area contributed by atoms with Crippen molar-refractivity contribution >= 4 is 29.0 Å². The van der Waals surface area contributed by atoms with Gasteiger partial charge >= 0.3 is 5.97 Å². The summed E-state index contributed by atoms with van der Waals surface area (Å²) in [7, 11) is 3.11. The van der Waals surface area contributed by atoms with Crippen LogP contribution in [0.15, 0.2) is 28.0 Å². The van der Waals surface area contributed by atoms with Gasteiger partial charge in [0.2, 0.25) is 0 Å². The zero-order valence-electron chi connectivity index (χ0n) is 14.2. The Bertz CT molecular complexity index is 915. The Morgan fingerprint density at radius 2 is 2.12 bits per heavy atom. The molecule has 0 saturated heterocycles. The van der Waals surface area contributed by atoms with E-state index in [0.717, 1.165) is 0 Å². The maximum atomic E-state index is 12.4. The highest BCUT2D eigenvalue weighted by atomic mass is 16.5. The first-order valence-corrected chi connectivity index (χ1v) is 7.62. The normalized spacial score (nSPS) is 11.0. The van der Waals surface area contributed by atoms with Crippen molar-refractivity contribution in [2.24, 2.45) is 12.0 Å². The Morgan fingerprint density at radius 3 is 2.76 bits per heavy atom. The van der Waals surface area contributed by atoms with Gasteiger partial charge in [-0.2, -0.15) is 0 Å². The molecular weight excluding hydrogens is 326 g/mol. The van der Waals surface area contributed by atoms with Crippen LogP contribution in [0.1, 0.15) is 22.8 Å². The number of aryl methyl sites for hydroxylation is 1. The average molecular weight is 345 g/mol. The third-order valence-electron chi connectivity index (χ3n) is 3.60. The largest absolute Gasteiger partial charge is 0.506 e. The van der Waals surface area contributed by atoms with Crippen LogP contribution in [-0.2, 0) is 16.6 Å². The molecule has 8 heteroatoms. The van der Waals surface area contributed by atoms with E-state index in [4.69, 9.17) is 4.74 Å². The Balaban J connectivity index is 2.50. The molecule has 0 aliphatic carbocycles. The summed E-state index contributed by atoms with van der Waals surface area (Å²) >= 11 is 0. The fraction of sp³-hybridized carbons (Fsp3) is 0.294. The minimum atomic E-state index is -0.845. The number of aromatic hydroxyl groups is 1. The molecule has 1 amide bonds. The van der Waals surface area contributed by atoms with Gasteiger partial charge in [-0.25, -0.2) is 0 Å². The minimum Gasteiger partial charge on any atom is -0.506 e. The van der Waals surface area contributed by atoms with Crippen LogP contribution in [0.2, 0.25) is 0 Å². The summed E-state index contributed by atoms with van der Waals surface area (Å²) in [6, 6.07) is 5.03. The number of carbonyl (C=O) groups excluding carboxylic acids is 2. The summed E-state index contributed by atoms with van der Waals surface area (Å²) in [5, 5.41) is 13.1. The maximum Gasteiger partial charge on any atom is 0.325 e. The molecule has 0 aliphatic heterocycles. The molecule has 132 valence electrons. The van der Waals surface area contributed by atoms with Gasteiger partial charge in [0.15, 0.2) is 0 Å². The zero-order valence-corrected chi connectivity index (χ0v) is 14.2. The monoisotopic (exact) mass is 345 g/mol. The number of amides is 1. The molecule has 1 aromatic carbocycles. The number of benzene rings is 1. The van der Waals surface area contributed by atoms with E-state index in [0.29, 0.717) is 16.5 Å². The summed E-state index contributed by atoms with van der Waals surface area (Å²) in [6.45, 7) is 1.43. The lowest BCUT2D eigenvalue weighted by molar-refractivity contribution is -0.141. The summed E-state index contributed by atoms with van der Waals surface area (Å²) in [5.41, 5.74) is 0.0904. The first kappa shape index (κ1) is 18.2. The molecule has 2 aromatic rings. The minimum absolute atomic E-state index is 0.180. The number of aromatic nitrogens is 1. The smallest absolute Gasteiger partial charge is 0.325 e. The number of hydrogen-bond donors (Lipinski definition) is 2. The fourth-order valence-corrected chi connectivity index (χ4v) is 2.44. The number of esters is 1. The van der Waals surface area contributed by atoms with Gasteiger partial charge in [0.25, 0.3) is 11.5 Å². The molecule has 2 N–H and O–H groups in total. The quantitative estimate of drug-likeness (QED) is 0.609. The van der Waals surface area contributed by atoms with Gasteiger partial charge in [0, 0.05) is 25.7 Å². The van der Waals surface area contributed by atoms with E-state index in [1.807, 2.05) is 0 Å². The number of rotatable bonds is 5. The number of nitrogens with zero attached hydrogens (tertiary/aromatic N) is 2. The lowest BCUT2D eigenvalue weighted by Gasteiger charge is -2.12. The Labute approximate surface area is 143 Å². The second-order valence-electron chi connectivity index (χ2n) is 5.24. The predicted molar refractivity (Wildman–Crippen MR) is 93.3 cm³/mol. The standard InChI is InChI=1S/C17H19N3O5/c1-4-25-13(21)9-19-16(23)14-15(22)11-7-10(8-18-2)5-6-12(11)20(3)17(14)24/h5-8,22H,4,9H2,1-3H3,(H,19,23). The summed E-state index contributed by atoms with van der Waals surface area (Å²) in [5.74, 6) is -1.91. The highest BCUT2D eigenvalue weighted by molar-refractivity contribution is 6.04. The molecule has 8 nitrogen and oxygen atoms in total. The lowest BCUT2D eigenvalue weighted by Crippen LogP contribution is -2.35. The van der Waals surface area contributed by atoms with Crippen LogP contribution in [0.25, 0.3) is 10.9 Å². The number of nitrogens with one attached hydrogen (secondary N) is 1. The number of fused-ring (bicyclic) bond motifs is 1. The fourth-order valence-electron chi connectivity index (χ4n) is 2.44. The van der Waals surface area contributed by atoms with Crippen molar-refractivity contribution in [2.75, 3.05) is 20.2 Å². The van der Waals surface area contributed by atoms with Gasteiger partial charge in [0.1, 0.15) is 17.9 Å². The second-order valence-corrected chi connectivity index (χ2v) is 5.24. The molecular formula is C17H19N3O5. The predicted octanol–water partition coefficient (Wildman–Crippen LogP) is 0.586. The van der Waals surface area contributed by atoms with Crippen molar-refractivity contribution < 1.29 is 19.4 Å². The van der Waals surface area contributed by atoms with Crippen LogP contribution >= 0.6 is 0 Å². The van der Waals surface area contributed by atoms with E-state index in [2.05, 4.69) is 10.3 Å².